The van der Waals surface area contributed by atoms with Gasteiger partial charge in [0, 0.05) is 35.9 Å². The van der Waals surface area contributed by atoms with Gasteiger partial charge in [-0.1, -0.05) is 6.42 Å². The van der Waals surface area contributed by atoms with Gasteiger partial charge in [0.2, 0.25) is 0 Å². The number of aromatic amines is 1. The van der Waals surface area contributed by atoms with Crippen molar-refractivity contribution < 1.29 is 4.79 Å². The molecule has 1 amide bonds. The second-order valence-electron chi connectivity index (χ2n) is 5.65. The largest absolute Gasteiger partial charge is 0.399 e. The summed E-state index contributed by atoms with van der Waals surface area (Å²) in [7, 11) is 0. The van der Waals surface area contributed by atoms with E-state index in [1.807, 2.05) is 30.0 Å². The molecule has 1 heterocycles. The molecule has 20 heavy (non-hydrogen) atoms. The van der Waals surface area contributed by atoms with Crippen LogP contribution in [0.15, 0.2) is 24.4 Å². The summed E-state index contributed by atoms with van der Waals surface area (Å²) in [6, 6.07) is 5.63. The van der Waals surface area contributed by atoms with Crippen LogP contribution >= 0.6 is 0 Å². The van der Waals surface area contributed by atoms with Crippen LogP contribution in [0.25, 0.3) is 10.9 Å². The van der Waals surface area contributed by atoms with Gasteiger partial charge in [-0.15, -0.1) is 0 Å². The van der Waals surface area contributed by atoms with Crippen molar-refractivity contribution in [3.8, 4) is 0 Å². The summed E-state index contributed by atoms with van der Waals surface area (Å²) in [5, 5.41) is 0.955. The lowest BCUT2D eigenvalue weighted by molar-refractivity contribution is 0.0708. The Bertz CT molecular complexity index is 628. The number of benzene rings is 1. The standard InChI is InChI=1S/C16H21N3O/c1-2-19(10-11-4-3-5-11)16(20)14-9-18-15-8-12(17)6-7-13(14)15/h6-9,11,18H,2-5,10,17H2,1H3. The van der Waals surface area contributed by atoms with Crippen molar-refractivity contribution in [3.63, 3.8) is 0 Å². The highest BCUT2D eigenvalue weighted by atomic mass is 16.2. The number of carbonyl (C=O) groups is 1. The maximum Gasteiger partial charge on any atom is 0.256 e. The van der Waals surface area contributed by atoms with Crippen molar-refractivity contribution in [2.75, 3.05) is 18.8 Å². The number of H-pyrrole nitrogens is 1. The van der Waals surface area contributed by atoms with Crippen molar-refractivity contribution in [2.24, 2.45) is 5.92 Å². The van der Waals surface area contributed by atoms with Gasteiger partial charge >= 0.3 is 0 Å². The fourth-order valence-electron chi connectivity index (χ4n) is 2.83. The van der Waals surface area contributed by atoms with Crippen molar-refractivity contribution >= 4 is 22.5 Å². The van der Waals surface area contributed by atoms with Gasteiger partial charge in [0.05, 0.1) is 5.56 Å². The summed E-state index contributed by atoms with van der Waals surface area (Å²) < 4.78 is 0. The molecule has 0 aliphatic heterocycles. The Balaban J connectivity index is 1.86. The van der Waals surface area contributed by atoms with E-state index >= 15 is 0 Å². The number of hydrogen-bond donors (Lipinski definition) is 2. The first-order valence-electron chi connectivity index (χ1n) is 7.35. The Morgan fingerprint density at radius 2 is 2.25 bits per heavy atom. The van der Waals surface area contributed by atoms with Crippen LogP contribution in [0, 0.1) is 5.92 Å². The van der Waals surface area contributed by atoms with E-state index in [0.717, 1.165) is 29.6 Å². The van der Waals surface area contributed by atoms with Gasteiger partial charge in [-0.3, -0.25) is 4.79 Å². The van der Waals surface area contributed by atoms with E-state index in [0.29, 0.717) is 11.6 Å². The molecule has 0 bridgehead atoms. The van der Waals surface area contributed by atoms with Gasteiger partial charge in [-0.25, -0.2) is 0 Å². The highest BCUT2D eigenvalue weighted by molar-refractivity contribution is 6.07. The van der Waals surface area contributed by atoms with Crippen LogP contribution in [0.4, 0.5) is 5.69 Å². The molecule has 0 atom stereocenters. The first-order chi connectivity index (χ1) is 9.69. The number of carbonyl (C=O) groups excluding carboxylic acids is 1. The number of amides is 1. The van der Waals surface area contributed by atoms with Gasteiger partial charge in [-0.2, -0.15) is 0 Å². The number of rotatable bonds is 4. The minimum Gasteiger partial charge on any atom is -0.399 e. The number of nitrogens with two attached hydrogens (primary N) is 1. The summed E-state index contributed by atoms with van der Waals surface area (Å²) in [6.07, 6.45) is 5.63. The van der Waals surface area contributed by atoms with Gasteiger partial charge in [0.15, 0.2) is 0 Å². The lowest BCUT2D eigenvalue weighted by Crippen LogP contribution is -2.37. The van der Waals surface area contributed by atoms with E-state index in [4.69, 9.17) is 5.73 Å². The Morgan fingerprint density at radius 3 is 2.90 bits per heavy atom. The molecular weight excluding hydrogens is 250 g/mol. The molecule has 1 aromatic heterocycles. The zero-order valence-electron chi connectivity index (χ0n) is 11.9. The summed E-state index contributed by atoms with van der Waals surface area (Å²) >= 11 is 0. The summed E-state index contributed by atoms with van der Waals surface area (Å²) in [4.78, 5) is 17.8. The van der Waals surface area contributed by atoms with Crippen LogP contribution in [0.1, 0.15) is 36.5 Å². The normalized spacial score (nSPS) is 15.2. The predicted octanol–water partition coefficient (Wildman–Crippen LogP) is 3.01. The quantitative estimate of drug-likeness (QED) is 0.840. The molecule has 1 aliphatic rings. The zero-order valence-corrected chi connectivity index (χ0v) is 11.9. The van der Waals surface area contributed by atoms with Crippen LogP contribution in [0.2, 0.25) is 0 Å². The van der Waals surface area contributed by atoms with Crippen LogP contribution < -0.4 is 5.73 Å². The van der Waals surface area contributed by atoms with E-state index in [-0.39, 0.29) is 5.91 Å². The molecule has 3 N–H and O–H groups in total. The maximum atomic E-state index is 12.7. The molecule has 0 radical (unpaired) electrons. The van der Waals surface area contributed by atoms with Crippen molar-refractivity contribution in [1.82, 2.24) is 9.88 Å². The van der Waals surface area contributed by atoms with E-state index in [1.165, 1.54) is 19.3 Å². The van der Waals surface area contributed by atoms with Gasteiger partial charge in [0.25, 0.3) is 5.91 Å². The fraction of sp³-hybridized carbons (Fsp3) is 0.438. The molecule has 0 spiro atoms. The molecule has 1 fully saturated rings. The first-order valence-corrected chi connectivity index (χ1v) is 7.35. The lowest BCUT2D eigenvalue weighted by atomic mass is 9.85. The molecule has 4 nitrogen and oxygen atoms in total. The Kier molecular flexibility index (Phi) is 3.38. The van der Waals surface area contributed by atoms with Crippen LogP contribution in [-0.4, -0.2) is 28.9 Å². The maximum absolute atomic E-state index is 12.7. The topological polar surface area (TPSA) is 62.1 Å². The molecule has 4 heteroatoms. The van der Waals surface area contributed by atoms with Crippen LogP contribution in [0.3, 0.4) is 0 Å². The van der Waals surface area contributed by atoms with Gasteiger partial charge < -0.3 is 15.6 Å². The van der Waals surface area contributed by atoms with Crippen molar-refractivity contribution in [1.29, 1.82) is 0 Å². The zero-order chi connectivity index (χ0) is 14.1. The fourth-order valence-corrected chi connectivity index (χ4v) is 2.83. The molecule has 0 unspecified atom stereocenters. The molecular formula is C16H21N3O. The Hall–Kier alpha value is -1.97. The number of nitrogens with zero attached hydrogens (tertiary/aromatic N) is 1. The van der Waals surface area contributed by atoms with E-state index < -0.39 is 0 Å². The highest BCUT2D eigenvalue weighted by Crippen LogP contribution is 2.28. The minimum atomic E-state index is 0.121. The average Bonchev–Trinajstić information content (AvgIpc) is 2.80. The Labute approximate surface area is 118 Å². The lowest BCUT2D eigenvalue weighted by Gasteiger charge is -2.31. The number of aromatic nitrogens is 1. The van der Waals surface area contributed by atoms with Crippen molar-refractivity contribution in [3.05, 3.63) is 30.0 Å². The number of fused-ring (bicyclic) bond motifs is 1. The first kappa shape index (κ1) is 13.0. The number of nitrogen functional groups attached to an aromatic ring is 1. The van der Waals surface area contributed by atoms with Crippen LogP contribution in [0.5, 0.6) is 0 Å². The molecule has 2 aromatic rings. The third-order valence-electron chi connectivity index (χ3n) is 4.31. The predicted molar refractivity (Wildman–Crippen MR) is 81.6 cm³/mol. The van der Waals surface area contributed by atoms with Crippen molar-refractivity contribution in [2.45, 2.75) is 26.2 Å². The summed E-state index contributed by atoms with van der Waals surface area (Å²) in [5.74, 6) is 0.815. The van der Waals surface area contributed by atoms with Gasteiger partial charge in [0.1, 0.15) is 0 Å². The number of nitrogens with one attached hydrogen (secondary N) is 1. The monoisotopic (exact) mass is 271 g/mol. The molecule has 106 valence electrons. The minimum absolute atomic E-state index is 0.121. The third kappa shape index (κ3) is 2.26. The third-order valence-corrected chi connectivity index (χ3v) is 4.31. The summed E-state index contributed by atoms with van der Waals surface area (Å²) in [6.45, 7) is 3.69. The highest BCUT2D eigenvalue weighted by Gasteiger charge is 2.24. The molecule has 1 saturated carbocycles. The number of anilines is 1. The second kappa shape index (κ2) is 5.19. The van der Waals surface area contributed by atoms with E-state index in [2.05, 4.69) is 4.98 Å². The average molecular weight is 271 g/mol. The Morgan fingerprint density at radius 1 is 1.45 bits per heavy atom. The van der Waals surface area contributed by atoms with E-state index in [1.54, 1.807) is 6.20 Å². The second-order valence-corrected chi connectivity index (χ2v) is 5.65. The molecule has 1 aliphatic carbocycles. The smallest absolute Gasteiger partial charge is 0.256 e. The number of hydrogen-bond acceptors (Lipinski definition) is 2. The molecule has 1 aromatic carbocycles. The summed E-state index contributed by atoms with van der Waals surface area (Å²) in [5.41, 5.74) is 8.16. The molecule has 3 rings (SSSR count). The molecule has 0 saturated heterocycles. The van der Waals surface area contributed by atoms with Gasteiger partial charge in [-0.05, 0) is 43.9 Å². The van der Waals surface area contributed by atoms with E-state index in [9.17, 15) is 4.79 Å². The van der Waals surface area contributed by atoms with Crippen LogP contribution in [-0.2, 0) is 0 Å². The SMILES string of the molecule is CCN(CC1CCC1)C(=O)c1c[nH]c2cc(N)ccc12.